The summed E-state index contributed by atoms with van der Waals surface area (Å²) in [6.45, 7) is 8.81. The molecule has 0 bridgehead atoms. The van der Waals surface area contributed by atoms with Crippen molar-refractivity contribution in [3.05, 3.63) is 59.0 Å². The van der Waals surface area contributed by atoms with Crippen LogP contribution in [0.25, 0.3) is 5.70 Å². The van der Waals surface area contributed by atoms with Crippen LogP contribution in [0, 0.1) is 11.7 Å². The summed E-state index contributed by atoms with van der Waals surface area (Å²) in [5.41, 5.74) is 3.26. The van der Waals surface area contributed by atoms with Crippen LogP contribution in [0.2, 0.25) is 5.02 Å². The highest BCUT2D eigenvalue weighted by atomic mass is 35.5. The zero-order valence-electron chi connectivity index (χ0n) is 15.5. The van der Waals surface area contributed by atoms with Crippen LogP contribution in [-0.2, 0) is 11.2 Å². The fraction of sp³-hybridized carbons (Fsp3) is 0.381. The number of aromatic nitrogens is 1. The van der Waals surface area contributed by atoms with Crippen molar-refractivity contribution in [2.45, 2.75) is 26.2 Å². The standard InChI is InChI=1S/C21H25ClFN3O/c1-3-16-11-20(26-19-6-4-5-18(22)21(19)23)25-13-17(16)14(2)24-12-15-7-9-27-10-8-15/h4-6,11,13,15,24H,2-3,7-10,12H2,1H3,(H,25,26). The van der Waals surface area contributed by atoms with Crippen molar-refractivity contribution >= 4 is 28.8 Å². The molecule has 0 saturated carbocycles. The average Bonchev–Trinajstić information content (AvgIpc) is 2.70. The van der Waals surface area contributed by atoms with Crippen LogP contribution in [-0.4, -0.2) is 24.7 Å². The van der Waals surface area contributed by atoms with Crippen molar-refractivity contribution in [1.82, 2.24) is 10.3 Å². The third-order valence-corrected chi connectivity index (χ3v) is 5.15. The first-order chi connectivity index (χ1) is 13.1. The molecule has 3 rings (SSSR count). The van der Waals surface area contributed by atoms with E-state index in [2.05, 4.69) is 29.1 Å². The van der Waals surface area contributed by atoms with E-state index < -0.39 is 5.82 Å². The number of anilines is 2. The second-order valence-corrected chi connectivity index (χ2v) is 7.13. The molecule has 0 aliphatic carbocycles. The van der Waals surface area contributed by atoms with E-state index in [0.717, 1.165) is 55.8 Å². The maximum atomic E-state index is 14.1. The van der Waals surface area contributed by atoms with Gasteiger partial charge in [0.2, 0.25) is 0 Å². The van der Waals surface area contributed by atoms with E-state index in [1.165, 1.54) is 6.07 Å². The van der Waals surface area contributed by atoms with Gasteiger partial charge in [0, 0.05) is 37.2 Å². The Morgan fingerprint density at radius 2 is 2.15 bits per heavy atom. The third-order valence-electron chi connectivity index (χ3n) is 4.85. The van der Waals surface area contributed by atoms with Gasteiger partial charge >= 0.3 is 0 Å². The first kappa shape index (κ1) is 19.6. The molecule has 2 heterocycles. The number of halogens is 2. The summed E-state index contributed by atoms with van der Waals surface area (Å²) in [5, 5.41) is 6.53. The first-order valence-electron chi connectivity index (χ1n) is 9.29. The van der Waals surface area contributed by atoms with Gasteiger partial charge in [-0.05, 0) is 48.9 Å². The van der Waals surface area contributed by atoms with Crippen LogP contribution in [0.5, 0.6) is 0 Å². The molecule has 6 heteroatoms. The lowest BCUT2D eigenvalue weighted by Crippen LogP contribution is -2.27. The number of nitrogens with zero attached hydrogens (tertiary/aromatic N) is 1. The predicted molar refractivity (Wildman–Crippen MR) is 109 cm³/mol. The van der Waals surface area contributed by atoms with Crippen LogP contribution in [0.4, 0.5) is 15.9 Å². The van der Waals surface area contributed by atoms with Gasteiger partial charge < -0.3 is 15.4 Å². The van der Waals surface area contributed by atoms with Crippen molar-refractivity contribution in [2.75, 3.05) is 25.1 Å². The molecule has 4 nitrogen and oxygen atoms in total. The molecular weight excluding hydrogens is 365 g/mol. The van der Waals surface area contributed by atoms with Gasteiger partial charge in [-0.25, -0.2) is 9.37 Å². The lowest BCUT2D eigenvalue weighted by Gasteiger charge is -2.23. The Bertz CT molecular complexity index is 806. The lowest BCUT2D eigenvalue weighted by atomic mass is 9.99. The van der Waals surface area contributed by atoms with Crippen molar-refractivity contribution in [2.24, 2.45) is 5.92 Å². The van der Waals surface area contributed by atoms with Crippen LogP contribution >= 0.6 is 11.6 Å². The topological polar surface area (TPSA) is 46.2 Å². The van der Waals surface area contributed by atoms with Crippen molar-refractivity contribution in [3.63, 3.8) is 0 Å². The maximum absolute atomic E-state index is 14.1. The Hall–Kier alpha value is -2.11. The SMILES string of the molecule is C=C(NCC1CCOCC1)c1cnc(Nc2cccc(Cl)c2F)cc1CC. The fourth-order valence-corrected chi connectivity index (χ4v) is 3.36. The van der Waals surface area contributed by atoms with E-state index in [-0.39, 0.29) is 5.02 Å². The molecule has 0 radical (unpaired) electrons. The Labute approximate surface area is 164 Å². The molecule has 1 aromatic heterocycles. The monoisotopic (exact) mass is 389 g/mol. The van der Waals surface area contributed by atoms with Crippen LogP contribution < -0.4 is 10.6 Å². The van der Waals surface area contributed by atoms with Gasteiger partial charge in [-0.15, -0.1) is 0 Å². The number of hydrogen-bond acceptors (Lipinski definition) is 4. The van der Waals surface area contributed by atoms with Crippen LogP contribution in [0.3, 0.4) is 0 Å². The largest absolute Gasteiger partial charge is 0.385 e. The maximum Gasteiger partial charge on any atom is 0.165 e. The summed E-state index contributed by atoms with van der Waals surface area (Å²) in [4.78, 5) is 4.43. The third kappa shape index (κ3) is 4.99. The smallest absolute Gasteiger partial charge is 0.165 e. The van der Waals surface area contributed by atoms with Crippen molar-refractivity contribution in [1.29, 1.82) is 0 Å². The van der Waals surface area contributed by atoms with E-state index in [1.807, 2.05) is 6.07 Å². The second kappa shape index (κ2) is 9.20. The summed E-state index contributed by atoms with van der Waals surface area (Å²) >= 11 is 5.84. The molecule has 1 saturated heterocycles. The first-order valence-corrected chi connectivity index (χ1v) is 9.67. The van der Waals surface area contributed by atoms with Gasteiger partial charge in [-0.2, -0.15) is 0 Å². The van der Waals surface area contributed by atoms with Gasteiger partial charge in [0.05, 0.1) is 10.7 Å². The lowest BCUT2D eigenvalue weighted by molar-refractivity contribution is 0.0674. The summed E-state index contributed by atoms with van der Waals surface area (Å²) < 4.78 is 19.5. The van der Waals surface area contributed by atoms with E-state index in [9.17, 15) is 4.39 Å². The van der Waals surface area contributed by atoms with Crippen LogP contribution in [0.15, 0.2) is 37.0 Å². The van der Waals surface area contributed by atoms with E-state index >= 15 is 0 Å². The molecule has 144 valence electrons. The average molecular weight is 390 g/mol. The number of ether oxygens (including phenoxy) is 1. The Morgan fingerprint density at radius 1 is 1.37 bits per heavy atom. The molecular formula is C21H25ClFN3O. The zero-order valence-corrected chi connectivity index (χ0v) is 16.3. The highest BCUT2D eigenvalue weighted by Crippen LogP contribution is 2.26. The molecule has 1 aliphatic rings. The number of pyridine rings is 1. The molecule has 1 fully saturated rings. The minimum atomic E-state index is -0.481. The van der Waals surface area contributed by atoms with Gasteiger partial charge in [0.15, 0.2) is 5.82 Å². The van der Waals surface area contributed by atoms with Gasteiger partial charge in [-0.3, -0.25) is 0 Å². The second-order valence-electron chi connectivity index (χ2n) is 6.72. The van der Waals surface area contributed by atoms with E-state index in [0.29, 0.717) is 17.4 Å². The highest BCUT2D eigenvalue weighted by Gasteiger charge is 2.15. The Balaban J connectivity index is 1.69. The molecule has 2 aromatic rings. The fourth-order valence-electron chi connectivity index (χ4n) is 3.18. The molecule has 0 spiro atoms. The molecule has 2 N–H and O–H groups in total. The minimum absolute atomic E-state index is 0.0815. The normalized spacial score (nSPS) is 14.8. The number of benzene rings is 1. The van der Waals surface area contributed by atoms with Gasteiger partial charge in [0.1, 0.15) is 5.82 Å². The number of hydrogen-bond donors (Lipinski definition) is 2. The minimum Gasteiger partial charge on any atom is -0.385 e. The molecule has 0 atom stereocenters. The van der Waals surface area contributed by atoms with E-state index in [4.69, 9.17) is 16.3 Å². The molecule has 0 unspecified atom stereocenters. The molecule has 1 aromatic carbocycles. The molecule has 27 heavy (non-hydrogen) atoms. The Kier molecular flexibility index (Phi) is 6.69. The number of aryl methyl sites for hydroxylation is 1. The summed E-state index contributed by atoms with van der Waals surface area (Å²) in [7, 11) is 0. The number of nitrogens with one attached hydrogen (secondary N) is 2. The molecule has 0 amide bonds. The summed E-state index contributed by atoms with van der Waals surface area (Å²) in [6, 6.07) is 6.78. The summed E-state index contributed by atoms with van der Waals surface area (Å²) in [6.07, 6.45) is 4.76. The zero-order chi connectivity index (χ0) is 19.2. The summed E-state index contributed by atoms with van der Waals surface area (Å²) in [5.74, 6) is 0.708. The Morgan fingerprint density at radius 3 is 2.89 bits per heavy atom. The van der Waals surface area contributed by atoms with Crippen LogP contribution in [0.1, 0.15) is 30.9 Å². The highest BCUT2D eigenvalue weighted by molar-refractivity contribution is 6.31. The van der Waals surface area contributed by atoms with E-state index in [1.54, 1.807) is 18.3 Å². The van der Waals surface area contributed by atoms with Gasteiger partial charge in [-0.1, -0.05) is 31.2 Å². The predicted octanol–water partition coefficient (Wildman–Crippen LogP) is 5.17. The number of rotatable bonds is 7. The van der Waals surface area contributed by atoms with Gasteiger partial charge in [0.25, 0.3) is 0 Å². The quantitative estimate of drug-likeness (QED) is 0.686. The van der Waals surface area contributed by atoms with Crippen molar-refractivity contribution < 1.29 is 9.13 Å². The van der Waals surface area contributed by atoms with Crippen molar-refractivity contribution in [3.8, 4) is 0 Å². The molecule has 1 aliphatic heterocycles.